The summed E-state index contributed by atoms with van der Waals surface area (Å²) in [5, 5.41) is 9.94. The van der Waals surface area contributed by atoms with E-state index in [-0.39, 0.29) is 0 Å². The first-order chi connectivity index (χ1) is 8.59. The van der Waals surface area contributed by atoms with E-state index >= 15 is 0 Å². The summed E-state index contributed by atoms with van der Waals surface area (Å²) in [7, 11) is 0. The average molecular weight is 312 g/mol. The van der Waals surface area contributed by atoms with Crippen molar-refractivity contribution in [2.45, 2.75) is 51.7 Å². The van der Waals surface area contributed by atoms with E-state index in [2.05, 4.69) is 33.8 Å². The second-order valence-corrected chi connectivity index (χ2v) is 6.19. The molecule has 0 bridgehead atoms. The lowest BCUT2D eigenvalue weighted by atomic mass is 10.1. The van der Waals surface area contributed by atoms with E-state index in [0.29, 0.717) is 6.04 Å². The first-order valence-corrected chi connectivity index (χ1v) is 7.63. The Labute approximate surface area is 118 Å². The largest absolute Gasteiger partial charge is 0.389 e. The Morgan fingerprint density at radius 3 is 2.83 bits per heavy atom. The van der Waals surface area contributed by atoms with Gasteiger partial charge in [0.25, 0.3) is 0 Å². The molecule has 1 heterocycles. The molecule has 100 valence electrons. The van der Waals surface area contributed by atoms with Crippen LogP contribution in [0.3, 0.4) is 0 Å². The van der Waals surface area contributed by atoms with Gasteiger partial charge in [0.05, 0.1) is 6.10 Å². The van der Waals surface area contributed by atoms with Gasteiger partial charge in [-0.2, -0.15) is 0 Å². The summed E-state index contributed by atoms with van der Waals surface area (Å²) in [4.78, 5) is 2.46. The zero-order valence-electron chi connectivity index (χ0n) is 11.2. The molecule has 18 heavy (non-hydrogen) atoms. The van der Waals surface area contributed by atoms with Gasteiger partial charge in [-0.1, -0.05) is 34.8 Å². The Bertz CT molecular complexity index is 405. The van der Waals surface area contributed by atoms with E-state index in [1.807, 2.05) is 19.1 Å². The molecule has 1 aliphatic rings. The van der Waals surface area contributed by atoms with Crippen molar-refractivity contribution < 1.29 is 5.11 Å². The molecule has 0 saturated carbocycles. The van der Waals surface area contributed by atoms with Crippen LogP contribution in [-0.4, -0.2) is 17.7 Å². The van der Waals surface area contributed by atoms with Gasteiger partial charge in [0.15, 0.2) is 0 Å². The highest BCUT2D eigenvalue weighted by Gasteiger charge is 2.21. The molecule has 1 aromatic carbocycles. The Morgan fingerprint density at radius 1 is 1.33 bits per heavy atom. The molecule has 0 aliphatic carbocycles. The van der Waals surface area contributed by atoms with E-state index in [1.54, 1.807) is 0 Å². The summed E-state index contributed by atoms with van der Waals surface area (Å²) in [5.41, 5.74) is 2.22. The molecule has 1 aliphatic heterocycles. The standard InChI is InChI=1S/C15H22BrNO/c1-11-6-4-3-5-9-17(11)15-10-13(16)7-8-14(15)12(2)18/h7-8,10-12,18H,3-6,9H2,1-2H3. The van der Waals surface area contributed by atoms with Crippen molar-refractivity contribution in [3.8, 4) is 0 Å². The number of anilines is 1. The average Bonchev–Trinajstić information content (AvgIpc) is 2.53. The van der Waals surface area contributed by atoms with Gasteiger partial charge in [0, 0.05) is 28.3 Å². The molecule has 0 aromatic heterocycles. The molecular formula is C15H22BrNO. The van der Waals surface area contributed by atoms with E-state index < -0.39 is 6.10 Å². The van der Waals surface area contributed by atoms with E-state index in [0.717, 1.165) is 16.6 Å². The minimum Gasteiger partial charge on any atom is -0.389 e. The maximum Gasteiger partial charge on any atom is 0.0782 e. The summed E-state index contributed by atoms with van der Waals surface area (Å²) in [6, 6.07) is 6.74. The number of aliphatic hydroxyl groups excluding tert-OH is 1. The van der Waals surface area contributed by atoms with Crippen LogP contribution in [0.2, 0.25) is 0 Å². The van der Waals surface area contributed by atoms with Crippen LogP contribution in [0.4, 0.5) is 5.69 Å². The number of aliphatic hydroxyl groups is 1. The fourth-order valence-corrected chi connectivity index (χ4v) is 3.10. The normalized spacial score (nSPS) is 22.7. The molecule has 0 amide bonds. The lowest BCUT2D eigenvalue weighted by Crippen LogP contribution is -2.33. The third kappa shape index (κ3) is 3.07. The lowest BCUT2D eigenvalue weighted by Gasteiger charge is -2.32. The minimum atomic E-state index is -0.413. The highest BCUT2D eigenvalue weighted by molar-refractivity contribution is 9.10. The van der Waals surface area contributed by atoms with Crippen molar-refractivity contribution in [1.82, 2.24) is 0 Å². The van der Waals surface area contributed by atoms with E-state index in [1.165, 1.54) is 31.4 Å². The Morgan fingerprint density at radius 2 is 2.11 bits per heavy atom. The maximum atomic E-state index is 9.94. The zero-order chi connectivity index (χ0) is 13.1. The van der Waals surface area contributed by atoms with Crippen molar-refractivity contribution in [1.29, 1.82) is 0 Å². The Hall–Kier alpha value is -0.540. The minimum absolute atomic E-state index is 0.413. The van der Waals surface area contributed by atoms with Gasteiger partial charge >= 0.3 is 0 Å². The van der Waals surface area contributed by atoms with Crippen LogP contribution in [0.25, 0.3) is 0 Å². The molecule has 3 heteroatoms. The fraction of sp³-hybridized carbons (Fsp3) is 0.600. The molecular weight excluding hydrogens is 290 g/mol. The SMILES string of the molecule is CC(O)c1ccc(Br)cc1N1CCCCCC1C. The summed E-state index contributed by atoms with van der Waals surface area (Å²) in [6.45, 7) is 5.23. The van der Waals surface area contributed by atoms with Gasteiger partial charge in [0.2, 0.25) is 0 Å². The zero-order valence-corrected chi connectivity index (χ0v) is 12.8. The highest BCUT2D eigenvalue weighted by Crippen LogP contribution is 2.33. The second-order valence-electron chi connectivity index (χ2n) is 5.27. The quantitative estimate of drug-likeness (QED) is 0.881. The van der Waals surface area contributed by atoms with Crippen LogP contribution in [0.1, 0.15) is 51.2 Å². The third-order valence-electron chi connectivity index (χ3n) is 3.80. The monoisotopic (exact) mass is 311 g/mol. The predicted molar refractivity (Wildman–Crippen MR) is 80.1 cm³/mol. The first kappa shape index (κ1) is 13.9. The van der Waals surface area contributed by atoms with E-state index in [9.17, 15) is 5.11 Å². The molecule has 2 rings (SSSR count). The van der Waals surface area contributed by atoms with Gasteiger partial charge in [-0.25, -0.2) is 0 Å². The third-order valence-corrected chi connectivity index (χ3v) is 4.30. The Kier molecular flexibility index (Phi) is 4.68. The molecule has 0 radical (unpaired) electrons. The van der Waals surface area contributed by atoms with Gasteiger partial charge in [-0.05, 0) is 38.8 Å². The first-order valence-electron chi connectivity index (χ1n) is 6.83. The second kappa shape index (κ2) is 6.07. The topological polar surface area (TPSA) is 23.5 Å². The lowest BCUT2D eigenvalue weighted by molar-refractivity contribution is 0.199. The number of rotatable bonds is 2. The van der Waals surface area contributed by atoms with Crippen LogP contribution in [-0.2, 0) is 0 Å². The molecule has 1 N–H and O–H groups in total. The van der Waals surface area contributed by atoms with Crippen LogP contribution in [0.15, 0.2) is 22.7 Å². The number of benzene rings is 1. The number of hydrogen-bond donors (Lipinski definition) is 1. The molecule has 1 saturated heterocycles. The van der Waals surface area contributed by atoms with Crippen molar-refractivity contribution in [2.75, 3.05) is 11.4 Å². The maximum absolute atomic E-state index is 9.94. The number of hydrogen-bond acceptors (Lipinski definition) is 2. The van der Waals surface area contributed by atoms with Gasteiger partial charge in [0.1, 0.15) is 0 Å². The van der Waals surface area contributed by atoms with Gasteiger partial charge < -0.3 is 10.0 Å². The molecule has 1 fully saturated rings. The highest BCUT2D eigenvalue weighted by atomic mass is 79.9. The van der Waals surface area contributed by atoms with E-state index in [4.69, 9.17) is 0 Å². The molecule has 2 atom stereocenters. The summed E-state index contributed by atoms with van der Waals surface area (Å²) >= 11 is 3.54. The van der Waals surface area contributed by atoms with Crippen LogP contribution >= 0.6 is 15.9 Å². The Balaban J connectivity index is 2.37. The number of nitrogens with zero attached hydrogens (tertiary/aromatic N) is 1. The van der Waals surface area contributed by atoms with Crippen LogP contribution < -0.4 is 4.90 Å². The fourth-order valence-electron chi connectivity index (χ4n) is 2.75. The van der Waals surface area contributed by atoms with Crippen molar-refractivity contribution in [2.24, 2.45) is 0 Å². The molecule has 2 nitrogen and oxygen atoms in total. The predicted octanol–water partition coefficient (Wildman–Crippen LogP) is 4.27. The van der Waals surface area contributed by atoms with Crippen molar-refractivity contribution in [3.05, 3.63) is 28.2 Å². The van der Waals surface area contributed by atoms with Gasteiger partial charge in [-0.15, -0.1) is 0 Å². The summed E-state index contributed by atoms with van der Waals surface area (Å²) < 4.78 is 1.08. The summed E-state index contributed by atoms with van der Waals surface area (Å²) in [6.07, 6.45) is 4.71. The van der Waals surface area contributed by atoms with Crippen molar-refractivity contribution in [3.63, 3.8) is 0 Å². The summed E-state index contributed by atoms with van der Waals surface area (Å²) in [5.74, 6) is 0. The molecule has 2 unspecified atom stereocenters. The number of halogens is 1. The molecule has 1 aromatic rings. The smallest absolute Gasteiger partial charge is 0.0782 e. The molecule has 0 spiro atoms. The van der Waals surface area contributed by atoms with Crippen LogP contribution in [0.5, 0.6) is 0 Å². The van der Waals surface area contributed by atoms with Crippen molar-refractivity contribution >= 4 is 21.6 Å². The van der Waals surface area contributed by atoms with Gasteiger partial charge in [-0.3, -0.25) is 0 Å². The van der Waals surface area contributed by atoms with Crippen LogP contribution in [0, 0.1) is 0 Å².